The predicted octanol–water partition coefficient (Wildman–Crippen LogP) is 4.08. The molecule has 3 unspecified atom stereocenters. The van der Waals surface area contributed by atoms with Crippen LogP contribution in [0, 0.1) is 11.8 Å². The number of piperazine rings is 1. The summed E-state index contributed by atoms with van der Waals surface area (Å²) in [5.74, 6) is 1.43. The van der Waals surface area contributed by atoms with Crippen molar-refractivity contribution in [1.29, 1.82) is 0 Å². The Morgan fingerprint density at radius 3 is 2.76 bits per heavy atom. The third-order valence-electron chi connectivity index (χ3n) is 5.42. The fourth-order valence-electron chi connectivity index (χ4n) is 4.05. The minimum atomic E-state index is 0.643. The molecule has 0 radical (unpaired) electrons. The summed E-state index contributed by atoms with van der Waals surface area (Å²) in [6.45, 7) is 11.8. The molecule has 3 heteroatoms. The highest BCUT2D eigenvalue weighted by Crippen LogP contribution is 2.39. The van der Waals surface area contributed by atoms with Crippen LogP contribution >= 0.6 is 11.3 Å². The van der Waals surface area contributed by atoms with Crippen LogP contribution in [-0.2, 0) is 6.42 Å². The molecular weight excluding hydrogens is 276 g/mol. The molecule has 21 heavy (non-hydrogen) atoms. The molecule has 118 valence electrons. The average Bonchev–Trinajstić information content (AvgIpc) is 2.94. The molecule has 1 aromatic rings. The van der Waals surface area contributed by atoms with E-state index in [1.54, 1.807) is 10.4 Å². The quantitative estimate of drug-likeness (QED) is 0.905. The van der Waals surface area contributed by atoms with Gasteiger partial charge in [0.2, 0.25) is 0 Å². The van der Waals surface area contributed by atoms with Gasteiger partial charge >= 0.3 is 0 Å². The van der Waals surface area contributed by atoms with Gasteiger partial charge in [-0.05, 0) is 48.1 Å². The van der Waals surface area contributed by atoms with Crippen LogP contribution in [0.25, 0.3) is 0 Å². The first-order valence-electron chi connectivity index (χ1n) is 8.63. The van der Waals surface area contributed by atoms with Crippen LogP contribution in [0.2, 0.25) is 0 Å². The van der Waals surface area contributed by atoms with E-state index in [-0.39, 0.29) is 0 Å². The topological polar surface area (TPSA) is 15.3 Å². The Labute approximate surface area is 133 Å². The molecular formula is C18H30N2S. The van der Waals surface area contributed by atoms with Crippen molar-refractivity contribution in [3.63, 3.8) is 0 Å². The number of thiophene rings is 1. The van der Waals surface area contributed by atoms with E-state index in [2.05, 4.69) is 49.4 Å². The van der Waals surface area contributed by atoms with Crippen molar-refractivity contribution in [2.45, 2.75) is 65.1 Å². The van der Waals surface area contributed by atoms with Gasteiger partial charge < -0.3 is 5.32 Å². The lowest BCUT2D eigenvalue weighted by Gasteiger charge is -2.48. The monoisotopic (exact) mass is 306 g/mol. The number of fused-ring (bicyclic) bond motifs is 1. The molecule has 3 rings (SSSR count). The zero-order valence-electron chi connectivity index (χ0n) is 13.9. The Morgan fingerprint density at radius 1 is 1.24 bits per heavy atom. The molecule has 0 saturated carbocycles. The molecule has 1 aliphatic heterocycles. The summed E-state index contributed by atoms with van der Waals surface area (Å²) >= 11 is 1.97. The van der Waals surface area contributed by atoms with Gasteiger partial charge in [-0.2, -0.15) is 0 Å². The highest BCUT2D eigenvalue weighted by molar-refractivity contribution is 7.10. The van der Waals surface area contributed by atoms with Crippen LogP contribution in [0.1, 0.15) is 57.0 Å². The van der Waals surface area contributed by atoms with E-state index in [1.807, 2.05) is 11.3 Å². The van der Waals surface area contributed by atoms with Crippen molar-refractivity contribution in [3.8, 4) is 0 Å². The first-order valence-corrected chi connectivity index (χ1v) is 9.51. The lowest BCUT2D eigenvalue weighted by molar-refractivity contribution is 0.0381. The zero-order valence-corrected chi connectivity index (χ0v) is 14.7. The van der Waals surface area contributed by atoms with Crippen LogP contribution < -0.4 is 5.32 Å². The van der Waals surface area contributed by atoms with Gasteiger partial charge in [0.05, 0.1) is 0 Å². The van der Waals surface area contributed by atoms with Gasteiger partial charge in [0.1, 0.15) is 0 Å². The lowest BCUT2D eigenvalue weighted by atomic mass is 9.87. The third-order valence-corrected chi connectivity index (χ3v) is 6.41. The van der Waals surface area contributed by atoms with Crippen LogP contribution in [0.3, 0.4) is 0 Å². The molecule has 2 aliphatic rings. The molecule has 1 fully saturated rings. The first-order chi connectivity index (χ1) is 10.1. The summed E-state index contributed by atoms with van der Waals surface area (Å²) in [5, 5.41) is 6.10. The summed E-state index contributed by atoms with van der Waals surface area (Å²) in [7, 11) is 0. The van der Waals surface area contributed by atoms with Gasteiger partial charge in [-0.15, -0.1) is 11.3 Å². The van der Waals surface area contributed by atoms with Crippen LogP contribution in [0.15, 0.2) is 11.4 Å². The lowest BCUT2D eigenvalue weighted by Crippen LogP contribution is -2.60. The second-order valence-electron chi connectivity index (χ2n) is 7.47. The van der Waals surface area contributed by atoms with Gasteiger partial charge in [-0.25, -0.2) is 0 Å². The summed E-state index contributed by atoms with van der Waals surface area (Å²) in [6, 6.07) is 4.38. The standard InChI is InChI=1S/C18H30N2S/c1-12(2)15-11-20(17(10-19-15)13(3)4)16-6-5-7-18-14(16)8-9-21-18/h8-9,12-13,15-17,19H,5-7,10-11H2,1-4H3. The van der Waals surface area contributed by atoms with Gasteiger partial charge in [-0.3, -0.25) is 4.90 Å². The van der Waals surface area contributed by atoms with E-state index < -0.39 is 0 Å². The first kappa shape index (κ1) is 15.5. The minimum Gasteiger partial charge on any atom is -0.311 e. The average molecular weight is 307 g/mol. The molecule has 1 saturated heterocycles. The Morgan fingerprint density at radius 2 is 2.05 bits per heavy atom. The Hall–Kier alpha value is -0.380. The molecule has 1 N–H and O–H groups in total. The van der Waals surface area contributed by atoms with E-state index in [0.717, 1.165) is 12.5 Å². The van der Waals surface area contributed by atoms with Gasteiger partial charge in [0.25, 0.3) is 0 Å². The Kier molecular flexibility index (Phi) is 4.72. The SMILES string of the molecule is CC(C)C1CN(C2CCCc3sccc32)C(C(C)C)CN1. The van der Waals surface area contributed by atoms with Crippen LogP contribution in [0.4, 0.5) is 0 Å². The number of nitrogens with one attached hydrogen (secondary N) is 1. The van der Waals surface area contributed by atoms with Crippen molar-refractivity contribution in [2.75, 3.05) is 13.1 Å². The van der Waals surface area contributed by atoms with Crippen molar-refractivity contribution in [1.82, 2.24) is 10.2 Å². The maximum absolute atomic E-state index is 3.80. The second kappa shape index (κ2) is 6.39. The van der Waals surface area contributed by atoms with Crippen molar-refractivity contribution in [3.05, 3.63) is 21.9 Å². The number of hydrogen-bond donors (Lipinski definition) is 1. The normalized spacial score (nSPS) is 30.9. The number of aryl methyl sites for hydroxylation is 1. The summed E-state index contributed by atoms with van der Waals surface area (Å²) in [5.41, 5.74) is 1.64. The van der Waals surface area contributed by atoms with Crippen molar-refractivity contribution >= 4 is 11.3 Å². The molecule has 2 heterocycles. The largest absolute Gasteiger partial charge is 0.311 e. The van der Waals surface area contributed by atoms with Crippen molar-refractivity contribution < 1.29 is 0 Å². The highest BCUT2D eigenvalue weighted by Gasteiger charge is 2.37. The Bertz CT molecular complexity index is 466. The molecule has 3 atom stereocenters. The maximum atomic E-state index is 3.80. The van der Waals surface area contributed by atoms with Gasteiger partial charge in [0.15, 0.2) is 0 Å². The van der Waals surface area contributed by atoms with Gasteiger partial charge in [0, 0.05) is 36.1 Å². The van der Waals surface area contributed by atoms with E-state index in [9.17, 15) is 0 Å². The van der Waals surface area contributed by atoms with E-state index in [0.29, 0.717) is 24.0 Å². The predicted molar refractivity (Wildman–Crippen MR) is 92.0 cm³/mol. The summed E-state index contributed by atoms with van der Waals surface area (Å²) < 4.78 is 0. The molecule has 0 aromatic carbocycles. The van der Waals surface area contributed by atoms with E-state index in [4.69, 9.17) is 0 Å². The molecule has 0 bridgehead atoms. The van der Waals surface area contributed by atoms with Crippen molar-refractivity contribution in [2.24, 2.45) is 11.8 Å². The molecule has 2 nitrogen and oxygen atoms in total. The third kappa shape index (κ3) is 3.06. The van der Waals surface area contributed by atoms with E-state index in [1.165, 1.54) is 25.8 Å². The fourth-order valence-corrected chi connectivity index (χ4v) is 5.03. The van der Waals surface area contributed by atoms with Crippen LogP contribution in [0.5, 0.6) is 0 Å². The highest BCUT2D eigenvalue weighted by atomic mass is 32.1. The van der Waals surface area contributed by atoms with Gasteiger partial charge in [-0.1, -0.05) is 27.7 Å². The van der Waals surface area contributed by atoms with Crippen LogP contribution in [-0.4, -0.2) is 30.1 Å². The maximum Gasteiger partial charge on any atom is 0.0363 e. The zero-order chi connectivity index (χ0) is 15.0. The summed E-state index contributed by atoms with van der Waals surface area (Å²) in [4.78, 5) is 4.49. The second-order valence-corrected chi connectivity index (χ2v) is 8.47. The fraction of sp³-hybridized carbons (Fsp3) is 0.778. The molecule has 1 aliphatic carbocycles. The summed E-state index contributed by atoms with van der Waals surface area (Å²) in [6.07, 6.45) is 4.01. The number of nitrogens with zero attached hydrogens (tertiary/aromatic N) is 1. The molecule has 0 spiro atoms. The van der Waals surface area contributed by atoms with E-state index >= 15 is 0 Å². The smallest absolute Gasteiger partial charge is 0.0363 e. The molecule has 0 amide bonds. The minimum absolute atomic E-state index is 0.643. The number of hydrogen-bond acceptors (Lipinski definition) is 3. The Balaban J connectivity index is 1.86. The number of rotatable bonds is 3. The molecule has 1 aromatic heterocycles.